The van der Waals surface area contributed by atoms with Crippen LogP contribution in [0.4, 0.5) is 11.4 Å². The van der Waals surface area contributed by atoms with Crippen molar-refractivity contribution in [3.8, 4) is 0 Å². The number of H-pyrrole nitrogens is 1. The van der Waals surface area contributed by atoms with Crippen LogP contribution in [0.3, 0.4) is 0 Å². The number of imide groups is 2. The molecule has 2 fully saturated rings. The van der Waals surface area contributed by atoms with Crippen molar-refractivity contribution in [1.82, 2.24) is 40.2 Å². The van der Waals surface area contributed by atoms with Crippen LogP contribution in [0.5, 0.6) is 0 Å². The largest absolute Gasteiger partial charge is 0.375 e. The van der Waals surface area contributed by atoms with Gasteiger partial charge in [0, 0.05) is 48.9 Å². The Bertz CT molecular complexity index is 2360. The summed E-state index contributed by atoms with van der Waals surface area (Å²) in [5, 5.41) is 16.2. The quantitative estimate of drug-likeness (QED) is 0.126. The van der Waals surface area contributed by atoms with E-state index in [4.69, 9.17) is 4.98 Å². The lowest BCUT2D eigenvalue weighted by Gasteiger charge is -2.27. The van der Waals surface area contributed by atoms with Crippen molar-refractivity contribution in [1.29, 1.82) is 0 Å². The monoisotopic (exact) mass is 730 g/mol. The van der Waals surface area contributed by atoms with E-state index in [1.54, 1.807) is 29.1 Å². The fourth-order valence-electron chi connectivity index (χ4n) is 7.54. The molecule has 3 aliphatic heterocycles. The molecule has 3 aliphatic rings. The summed E-state index contributed by atoms with van der Waals surface area (Å²) in [7, 11) is 1.86. The van der Waals surface area contributed by atoms with Crippen LogP contribution in [0.2, 0.25) is 0 Å². The van der Waals surface area contributed by atoms with E-state index in [-0.39, 0.29) is 42.3 Å². The molecule has 16 nitrogen and oxygen atoms in total. The number of aromatic nitrogens is 4. The summed E-state index contributed by atoms with van der Waals surface area (Å²) in [4.78, 5) is 87.5. The van der Waals surface area contributed by atoms with E-state index in [2.05, 4.69) is 36.2 Å². The smallest absolute Gasteiger partial charge is 0.264 e. The summed E-state index contributed by atoms with van der Waals surface area (Å²) in [6, 6.07) is 14.8. The zero-order chi connectivity index (χ0) is 37.5. The molecule has 54 heavy (non-hydrogen) atoms. The van der Waals surface area contributed by atoms with Crippen LogP contribution in [-0.4, -0.2) is 97.2 Å². The molecule has 3 aromatic carbocycles. The lowest BCUT2D eigenvalue weighted by molar-refractivity contribution is -0.136. The van der Waals surface area contributed by atoms with Crippen molar-refractivity contribution < 1.29 is 28.8 Å². The highest BCUT2D eigenvalue weighted by atomic mass is 16.2. The van der Waals surface area contributed by atoms with Gasteiger partial charge in [-0.05, 0) is 80.3 Å². The minimum atomic E-state index is -1.06. The molecular formula is C38H38N10O6. The van der Waals surface area contributed by atoms with Crippen molar-refractivity contribution in [2.75, 3.05) is 36.8 Å². The maximum atomic E-state index is 13.3. The van der Waals surface area contributed by atoms with Gasteiger partial charge in [-0.2, -0.15) is 5.10 Å². The number of piperidine rings is 1. The van der Waals surface area contributed by atoms with Gasteiger partial charge in [-0.25, -0.2) is 4.98 Å². The number of imidazole rings is 1. The van der Waals surface area contributed by atoms with Crippen LogP contribution < -0.4 is 21.3 Å². The average molecular weight is 731 g/mol. The fourth-order valence-corrected chi connectivity index (χ4v) is 7.54. The van der Waals surface area contributed by atoms with E-state index in [0.29, 0.717) is 35.9 Å². The van der Waals surface area contributed by atoms with Crippen molar-refractivity contribution in [2.45, 2.75) is 38.3 Å². The molecule has 0 saturated carbocycles. The van der Waals surface area contributed by atoms with Crippen LogP contribution in [-0.2, 0) is 28.0 Å². The third kappa shape index (κ3) is 6.78. The Morgan fingerprint density at radius 2 is 1.87 bits per heavy atom. The third-order valence-corrected chi connectivity index (χ3v) is 10.3. The Balaban J connectivity index is 0.791. The normalized spacial score (nSPS) is 18.7. The van der Waals surface area contributed by atoms with Gasteiger partial charge in [0.1, 0.15) is 11.9 Å². The highest BCUT2D eigenvalue weighted by Crippen LogP contribution is 2.32. The Morgan fingerprint density at radius 3 is 2.72 bits per heavy atom. The molecule has 2 aromatic heterocycles. The second-order valence-corrected chi connectivity index (χ2v) is 14.0. The molecule has 276 valence electrons. The molecule has 5 aromatic rings. The number of benzene rings is 3. The number of nitrogens with one attached hydrogen (secondary N) is 5. The first-order valence-corrected chi connectivity index (χ1v) is 17.9. The van der Waals surface area contributed by atoms with Crippen molar-refractivity contribution in [2.24, 2.45) is 13.0 Å². The van der Waals surface area contributed by atoms with E-state index in [0.717, 1.165) is 58.6 Å². The Morgan fingerprint density at radius 1 is 1.00 bits per heavy atom. The molecule has 16 heteroatoms. The van der Waals surface area contributed by atoms with E-state index in [9.17, 15) is 28.8 Å². The van der Waals surface area contributed by atoms with Gasteiger partial charge < -0.3 is 20.9 Å². The number of nitrogens with zero attached hydrogens (tertiary/aromatic N) is 5. The summed E-state index contributed by atoms with van der Waals surface area (Å²) in [5.74, 6) is -1.58. The summed E-state index contributed by atoms with van der Waals surface area (Å²) in [5.41, 5.74) is 4.40. The Hall–Kier alpha value is -6.42. The van der Waals surface area contributed by atoms with E-state index < -0.39 is 29.7 Å². The predicted octanol–water partition coefficient (Wildman–Crippen LogP) is 2.54. The number of hydrogen-bond donors (Lipinski definition) is 5. The Kier molecular flexibility index (Phi) is 9.11. The van der Waals surface area contributed by atoms with Crippen LogP contribution in [0.15, 0.2) is 60.8 Å². The number of aromatic amines is 1. The third-order valence-electron chi connectivity index (χ3n) is 10.3. The number of carbonyl (C=O) groups is 6. The molecule has 5 heterocycles. The lowest BCUT2D eigenvalue weighted by atomic mass is 10.0. The van der Waals surface area contributed by atoms with Gasteiger partial charge in [-0.15, -0.1) is 0 Å². The molecule has 0 spiro atoms. The number of fused-ring (bicyclic) bond motifs is 3. The number of aryl methyl sites for hydroxylation is 1. The minimum Gasteiger partial charge on any atom is -0.375 e. The maximum absolute atomic E-state index is 13.3. The number of rotatable bonds is 11. The molecule has 2 unspecified atom stereocenters. The lowest BCUT2D eigenvalue weighted by Crippen LogP contribution is -2.54. The predicted molar refractivity (Wildman–Crippen MR) is 197 cm³/mol. The Labute approximate surface area is 308 Å². The average Bonchev–Trinajstić information content (AvgIpc) is 3.93. The van der Waals surface area contributed by atoms with Gasteiger partial charge in [0.05, 0.1) is 47.0 Å². The molecule has 5 N–H and O–H groups in total. The molecule has 0 bridgehead atoms. The zero-order valence-electron chi connectivity index (χ0n) is 29.5. The highest BCUT2D eigenvalue weighted by molar-refractivity contribution is 6.25. The first-order valence-electron chi connectivity index (χ1n) is 17.9. The van der Waals surface area contributed by atoms with Crippen LogP contribution in [0.25, 0.3) is 21.9 Å². The van der Waals surface area contributed by atoms with Crippen LogP contribution >= 0.6 is 0 Å². The molecule has 0 aliphatic carbocycles. The first kappa shape index (κ1) is 34.7. The summed E-state index contributed by atoms with van der Waals surface area (Å²) < 4.78 is 1.77. The summed E-state index contributed by atoms with van der Waals surface area (Å²) in [6.45, 7) is 2.80. The number of anilines is 2. The second kappa shape index (κ2) is 14.2. The minimum absolute atomic E-state index is 0.0341. The van der Waals surface area contributed by atoms with Gasteiger partial charge in [-0.1, -0.05) is 6.07 Å². The van der Waals surface area contributed by atoms with Gasteiger partial charge in [0.25, 0.3) is 17.7 Å². The SMILES string of the molecule is Cn1ncc2cc(C(=O)Nc3ccc4nc(CN5CCC(CCNC(=O)CNc6cccc7c6C(=O)N(C6CCC(=O)NC6=O)C7=O)C5)[nH]c4c3)ccc21. The second-order valence-electron chi connectivity index (χ2n) is 14.0. The summed E-state index contributed by atoms with van der Waals surface area (Å²) >= 11 is 0. The highest BCUT2D eigenvalue weighted by Gasteiger charge is 2.45. The maximum Gasteiger partial charge on any atom is 0.264 e. The molecule has 0 radical (unpaired) electrons. The van der Waals surface area contributed by atoms with Gasteiger partial charge in [0.2, 0.25) is 17.7 Å². The number of amides is 6. The molecule has 2 saturated heterocycles. The number of hydrogen-bond acceptors (Lipinski definition) is 10. The van der Waals surface area contributed by atoms with Crippen molar-refractivity contribution in [3.05, 3.63) is 83.3 Å². The van der Waals surface area contributed by atoms with Crippen LogP contribution in [0, 0.1) is 5.92 Å². The van der Waals surface area contributed by atoms with E-state index in [1.807, 2.05) is 37.4 Å². The zero-order valence-corrected chi connectivity index (χ0v) is 29.5. The summed E-state index contributed by atoms with van der Waals surface area (Å²) in [6.07, 6.45) is 3.63. The van der Waals surface area contributed by atoms with Gasteiger partial charge in [-0.3, -0.25) is 48.6 Å². The van der Waals surface area contributed by atoms with Gasteiger partial charge >= 0.3 is 0 Å². The molecule has 6 amide bonds. The topological polar surface area (TPSA) is 204 Å². The molecular weight excluding hydrogens is 692 g/mol. The number of carbonyl (C=O) groups excluding carboxylic acids is 6. The van der Waals surface area contributed by atoms with Crippen molar-refractivity contribution in [3.63, 3.8) is 0 Å². The molecule has 2 atom stereocenters. The molecule has 8 rings (SSSR count). The van der Waals surface area contributed by atoms with E-state index >= 15 is 0 Å². The van der Waals surface area contributed by atoms with E-state index in [1.165, 1.54) is 6.07 Å². The van der Waals surface area contributed by atoms with Crippen LogP contribution in [0.1, 0.15) is 62.6 Å². The van der Waals surface area contributed by atoms with Crippen molar-refractivity contribution >= 4 is 68.8 Å². The van der Waals surface area contributed by atoms with Gasteiger partial charge in [0.15, 0.2) is 0 Å². The first-order chi connectivity index (χ1) is 26.1. The fraction of sp³-hybridized carbons (Fsp3) is 0.316. The number of likely N-dealkylation sites (tertiary alicyclic amines) is 1. The standard InChI is InChI=1S/C38H38N10O6/c1-46-29-8-5-22(15-23(29)17-41-46)35(51)42-24-6-7-26-28(16-24)44-31(43-26)20-47-14-12-21(19-47)11-13-39-33(50)18-40-27-4-2-3-25-34(27)38(54)48(37(25)53)30-9-10-32(49)45-36(30)52/h2-8,15-17,21,30,40H,9-14,18-20H2,1H3,(H,39,50)(H,42,51)(H,43,44)(H,45,49,52).